The average Bonchev–Trinajstić information content (AvgIpc) is 2.90. The van der Waals surface area contributed by atoms with E-state index in [-0.39, 0.29) is 5.92 Å². The predicted octanol–water partition coefficient (Wildman–Crippen LogP) is 3.57. The van der Waals surface area contributed by atoms with E-state index in [0.29, 0.717) is 16.8 Å². The Hall–Kier alpha value is -0.830. The summed E-state index contributed by atoms with van der Waals surface area (Å²) >= 11 is 3.77. The van der Waals surface area contributed by atoms with Gasteiger partial charge in [0.05, 0.1) is 0 Å². The lowest BCUT2D eigenvalue weighted by Crippen LogP contribution is -2.46. The molecule has 0 heterocycles. The Kier molecular flexibility index (Phi) is 4.16. The Bertz CT molecular complexity index is 477. The van der Waals surface area contributed by atoms with Crippen molar-refractivity contribution >= 4 is 21.8 Å². The molecule has 1 saturated carbocycles. The molecule has 0 aliphatic heterocycles. The number of rotatable bonds is 2. The summed E-state index contributed by atoms with van der Waals surface area (Å²) in [5.74, 6) is 0.483. The SMILES string of the molecule is CN(C(=O)C1Cc2ccccc2C1)C1CCCCC1Br. The highest BCUT2D eigenvalue weighted by molar-refractivity contribution is 9.09. The number of halogens is 1. The molecule has 1 amide bonds. The highest BCUT2D eigenvalue weighted by Gasteiger charge is 2.34. The molecule has 1 aromatic carbocycles. The zero-order valence-electron chi connectivity index (χ0n) is 12.0. The maximum atomic E-state index is 12.8. The Morgan fingerprint density at radius 2 is 1.75 bits per heavy atom. The molecule has 2 aliphatic carbocycles. The fourth-order valence-electron chi connectivity index (χ4n) is 3.69. The maximum Gasteiger partial charge on any atom is 0.226 e. The first-order valence-electron chi connectivity index (χ1n) is 7.64. The van der Waals surface area contributed by atoms with Crippen molar-refractivity contribution in [1.29, 1.82) is 0 Å². The number of fused-ring (bicyclic) bond motifs is 1. The van der Waals surface area contributed by atoms with Crippen molar-refractivity contribution in [2.75, 3.05) is 7.05 Å². The van der Waals surface area contributed by atoms with Crippen LogP contribution >= 0.6 is 15.9 Å². The fourth-order valence-corrected chi connectivity index (χ4v) is 4.63. The molecule has 3 heteroatoms. The Balaban J connectivity index is 1.68. The molecule has 1 fully saturated rings. The second-order valence-corrected chi connectivity index (χ2v) is 7.37. The van der Waals surface area contributed by atoms with E-state index in [1.54, 1.807) is 0 Å². The minimum atomic E-state index is 0.152. The molecule has 0 spiro atoms. The third-order valence-electron chi connectivity index (χ3n) is 4.89. The summed E-state index contributed by atoms with van der Waals surface area (Å²) in [5, 5.41) is 0. The van der Waals surface area contributed by atoms with Gasteiger partial charge in [-0.05, 0) is 36.8 Å². The smallest absolute Gasteiger partial charge is 0.226 e. The minimum absolute atomic E-state index is 0.152. The Labute approximate surface area is 129 Å². The molecule has 0 radical (unpaired) electrons. The van der Waals surface area contributed by atoms with Crippen molar-refractivity contribution < 1.29 is 4.79 Å². The van der Waals surface area contributed by atoms with Crippen LogP contribution in [0.2, 0.25) is 0 Å². The molecule has 2 nitrogen and oxygen atoms in total. The van der Waals surface area contributed by atoms with Gasteiger partial charge in [-0.3, -0.25) is 4.79 Å². The fraction of sp³-hybridized carbons (Fsp3) is 0.588. The quantitative estimate of drug-likeness (QED) is 0.756. The second kappa shape index (κ2) is 5.88. The number of nitrogens with zero attached hydrogens (tertiary/aromatic N) is 1. The van der Waals surface area contributed by atoms with Crippen LogP contribution in [0.3, 0.4) is 0 Å². The summed E-state index contributed by atoms with van der Waals surface area (Å²) in [7, 11) is 2.00. The third-order valence-corrected chi connectivity index (χ3v) is 5.96. The highest BCUT2D eigenvalue weighted by atomic mass is 79.9. The topological polar surface area (TPSA) is 20.3 Å². The van der Waals surface area contributed by atoms with Crippen molar-refractivity contribution in [2.24, 2.45) is 5.92 Å². The van der Waals surface area contributed by atoms with Crippen LogP contribution in [0.15, 0.2) is 24.3 Å². The van der Waals surface area contributed by atoms with Gasteiger partial charge in [-0.15, -0.1) is 0 Å². The molecule has 2 unspecified atom stereocenters. The lowest BCUT2D eigenvalue weighted by molar-refractivity contribution is -0.136. The predicted molar refractivity (Wildman–Crippen MR) is 85.1 cm³/mol. The highest BCUT2D eigenvalue weighted by Crippen LogP contribution is 2.32. The molecule has 0 saturated heterocycles. The molecule has 0 aromatic heterocycles. The molecule has 20 heavy (non-hydrogen) atoms. The monoisotopic (exact) mass is 335 g/mol. The van der Waals surface area contributed by atoms with Crippen molar-refractivity contribution in [2.45, 2.75) is 49.4 Å². The van der Waals surface area contributed by atoms with Gasteiger partial charge >= 0.3 is 0 Å². The van der Waals surface area contributed by atoms with Gasteiger partial charge in [0.15, 0.2) is 0 Å². The van der Waals surface area contributed by atoms with Crippen molar-refractivity contribution in [3.05, 3.63) is 35.4 Å². The second-order valence-electron chi connectivity index (χ2n) is 6.19. The van der Waals surface area contributed by atoms with E-state index in [1.165, 1.54) is 30.4 Å². The van der Waals surface area contributed by atoms with Crippen LogP contribution in [-0.2, 0) is 17.6 Å². The largest absolute Gasteiger partial charge is 0.341 e. The first-order chi connectivity index (χ1) is 9.66. The van der Waals surface area contributed by atoms with Crippen LogP contribution in [0.4, 0.5) is 0 Å². The molecular formula is C17H22BrNO. The summed E-state index contributed by atoms with van der Waals surface area (Å²) in [4.78, 5) is 15.3. The molecule has 3 rings (SSSR count). The summed E-state index contributed by atoms with van der Waals surface area (Å²) < 4.78 is 0. The van der Waals surface area contributed by atoms with Gasteiger partial charge in [-0.1, -0.05) is 53.0 Å². The normalized spacial score (nSPS) is 26.3. The van der Waals surface area contributed by atoms with Gasteiger partial charge in [0, 0.05) is 23.8 Å². The lowest BCUT2D eigenvalue weighted by Gasteiger charge is -2.36. The molecule has 0 bridgehead atoms. The molecule has 0 N–H and O–H groups in total. The van der Waals surface area contributed by atoms with E-state index in [9.17, 15) is 4.79 Å². The minimum Gasteiger partial charge on any atom is -0.341 e. The molecule has 1 aromatic rings. The van der Waals surface area contributed by atoms with Gasteiger partial charge in [-0.25, -0.2) is 0 Å². The number of alkyl halides is 1. The van der Waals surface area contributed by atoms with Gasteiger partial charge in [-0.2, -0.15) is 0 Å². The molecule has 2 atom stereocenters. The van der Waals surface area contributed by atoms with Crippen molar-refractivity contribution in [3.8, 4) is 0 Å². The zero-order chi connectivity index (χ0) is 14.1. The summed E-state index contributed by atoms with van der Waals surface area (Å²) in [5.41, 5.74) is 2.72. The van der Waals surface area contributed by atoms with Crippen molar-refractivity contribution in [3.63, 3.8) is 0 Å². The van der Waals surface area contributed by atoms with E-state index in [0.717, 1.165) is 19.3 Å². The third kappa shape index (κ3) is 2.65. The number of hydrogen-bond acceptors (Lipinski definition) is 1. The lowest BCUT2D eigenvalue weighted by atomic mass is 9.93. The molecule has 2 aliphatic rings. The standard InChI is InChI=1S/C17H22BrNO/c1-19(16-9-5-4-8-15(16)18)17(20)14-10-12-6-2-3-7-13(12)11-14/h2-3,6-7,14-16H,4-5,8-11H2,1H3. The number of benzene rings is 1. The van der Waals surface area contributed by atoms with E-state index >= 15 is 0 Å². The van der Waals surface area contributed by atoms with E-state index in [1.807, 2.05) is 11.9 Å². The number of amides is 1. The van der Waals surface area contributed by atoms with Crippen LogP contribution in [0.1, 0.15) is 36.8 Å². The van der Waals surface area contributed by atoms with Crippen molar-refractivity contribution in [1.82, 2.24) is 4.90 Å². The van der Waals surface area contributed by atoms with E-state index in [2.05, 4.69) is 40.2 Å². The average molecular weight is 336 g/mol. The first kappa shape index (κ1) is 14.1. The van der Waals surface area contributed by atoms with Gasteiger partial charge < -0.3 is 4.90 Å². The van der Waals surface area contributed by atoms with Crippen LogP contribution in [0.25, 0.3) is 0 Å². The van der Waals surface area contributed by atoms with Crippen LogP contribution < -0.4 is 0 Å². The summed E-state index contributed by atoms with van der Waals surface area (Å²) in [6.45, 7) is 0. The van der Waals surface area contributed by atoms with Crippen LogP contribution in [0.5, 0.6) is 0 Å². The summed E-state index contributed by atoms with van der Waals surface area (Å²) in [6.07, 6.45) is 6.68. The van der Waals surface area contributed by atoms with Crippen LogP contribution in [0, 0.1) is 5.92 Å². The van der Waals surface area contributed by atoms with Gasteiger partial charge in [0.25, 0.3) is 0 Å². The number of hydrogen-bond donors (Lipinski definition) is 0. The molecule has 108 valence electrons. The molecular weight excluding hydrogens is 314 g/mol. The Morgan fingerprint density at radius 3 is 2.35 bits per heavy atom. The first-order valence-corrected chi connectivity index (χ1v) is 8.56. The van der Waals surface area contributed by atoms with Crippen LogP contribution in [-0.4, -0.2) is 28.7 Å². The Morgan fingerprint density at radius 1 is 1.15 bits per heavy atom. The van der Waals surface area contributed by atoms with Gasteiger partial charge in [0.1, 0.15) is 0 Å². The van der Waals surface area contributed by atoms with Gasteiger partial charge in [0.2, 0.25) is 5.91 Å². The van der Waals surface area contributed by atoms with E-state index in [4.69, 9.17) is 0 Å². The number of carbonyl (C=O) groups excluding carboxylic acids is 1. The zero-order valence-corrected chi connectivity index (χ0v) is 13.6. The van der Waals surface area contributed by atoms with E-state index < -0.39 is 0 Å². The number of carbonyl (C=O) groups is 1. The summed E-state index contributed by atoms with van der Waals surface area (Å²) in [6, 6.07) is 8.85. The maximum absolute atomic E-state index is 12.8.